The topological polar surface area (TPSA) is 29.1 Å². The van der Waals surface area contributed by atoms with E-state index < -0.39 is 0 Å². The van der Waals surface area contributed by atoms with E-state index in [1.54, 1.807) is 0 Å². The van der Waals surface area contributed by atoms with Gasteiger partial charge in [0.1, 0.15) is 0 Å². The first kappa shape index (κ1) is 13.8. The first-order valence-corrected chi connectivity index (χ1v) is 6.96. The zero-order chi connectivity index (χ0) is 13.8. The molecule has 19 heavy (non-hydrogen) atoms. The summed E-state index contributed by atoms with van der Waals surface area (Å²) in [5, 5.41) is 2.96. The minimum Gasteiger partial charge on any atom is -0.348 e. The molecule has 0 aliphatic carbocycles. The predicted molar refractivity (Wildman–Crippen MR) is 81.2 cm³/mol. The number of hydrogen-bond donors (Lipinski definition) is 1. The van der Waals surface area contributed by atoms with Crippen LogP contribution in [0.2, 0.25) is 0 Å². The second-order valence-electron chi connectivity index (χ2n) is 4.58. The Balaban J connectivity index is 2.07. The molecule has 0 saturated heterocycles. The van der Waals surface area contributed by atoms with Crippen LogP contribution in [0.3, 0.4) is 0 Å². The number of hydrogen-bond acceptors (Lipinski definition) is 1. The van der Waals surface area contributed by atoms with Crippen LogP contribution in [0.4, 0.5) is 0 Å². The summed E-state index contributed by atoms with van der Waals surface area (Å²) in [4.78, 5) is 12.2. The lowest BCUT2D eigenvalue weighted by Crippen LogP contribution is -2.24. The molecule has 0 aromatic heterocycles. The smallest absolute Gasteiger partial charge is 0.252 e. The Morgan fingerprint density at radius 1 is 1.05 bits per heavy atom. The zero-order valence-electron chi connectivity index (χ0n) is 11.0. The second-order valence-corrected chi connectivity index (χ2v) is 5.49. The molecule has 0 unspecified atom stereocenters. The fourth-order valence-corrected chi connectivity index (χ4v) is 2.31. The predicted octanol–water partition coefficient (Wildman–Crippen LogP) is 4.00. The fourth-order valence-electron chi connectivity index (χ4n) is 2.05. The normalized spacial score (nSPS) is 10.3. The Morgan fingerprint density at radius 3 is 2.21 bits per heavy atom. The van der Waals surface area contributed by atoms with E-state index in [0.717, 1.165) is 26.7 Å². The van der Waals surface area contributed by atoms with Crippen molar-refractivity contribution in [1.29, 1.82) is 0 Å². The molecule has 2 aromatic rings. The standard InChI is InChI=1S/C16H16BrNO/c1-11-4-3-5-12(2)15(11)16(19)18-10-13-6-8-14(17)9-7-13/h3-9H,10H2,1-2H3,(H,18,19). The lowest BCUT2D eigenvalue weighted by Gasteiger charge is -2.10. The highest BCUT2D eigenvalue weighted by molar-refractivity contribution is 9.10. The highest BCUT2D eigenvalue weighted by Gasteiger charge is 2.11. The van der Waals surface area contributed by atoms with Crippen molar-refractivity contribution in [2.75, 3.05) is 0 Å². The maximum Gasteiger partial charge on any atom is 0.252 e. The molecule has 0 aliphatic heterocycles. The molecule has 98 valence electrons. The van der Waals surface area contributed by atoms with Gasteiger partial charge in [0.25, 0.3) is 5.91 Å². The average Bonchev–Trinajstić information content (AvgIpc) is 2.38. The van der Waals surface area contributed by atoms with Crippen LogP contribution in [0.15, 0.2) is 46.9 Å². The van der Waals surface area contributed by atoms with Crippen LogP contribution in [0.1, 0.15) is 27.0 Å². The minimum absolute atomic E-state index is 0.0153. The van der Waals surface area contributed by atoms with E-state index in [-0.39, 0.29) is 5.91 Å². The molecule has 0 saturated carbocycles. The van der Waals surface area contributed by atoms with E-state index in [1.165, 1.54) is 0 Å². The summed E-state index contributed by atoms with van der Waals surface area (Å²) >= 11 is 3.39. The number of carbonyl (C=O) groups excluding carboxylic acids is 1. The molecular weight excluding hydrogens is 302 g/mol. The maximum atomic E-state index is 12.2. The van der Waals surface area contributed by atoms with Crippen molar-refractivity contribution in [3.05, 3.63) is 69.2 Å². The van der Waals surface area contributed by atoms with E-state index in [2.05, 4.69) is 21.2 Å². The lowest BCUT2D eigenvalue weighted by atomic mass is 10.0. The molecule has 2 nitrogen and oxygen atoms in total. The van der Waals surface area contributed by atoms with Gasteiger partial charge in [0, 0.05) is 16.6 Å². The number of benzene rings is 2. The van der Waals surface area contributed by atoms with Crippen molar-refractivity contribution < 1.29 is 4.79 Å². The van der Waals surface area contributed by atoms with E-state index in [1.807, 2.05) is 56.3 Å². The zero-order valence-corrected chi connectivity index (χ0v) is 12.6. The summed E-state index contributed by atoms with van der Waals surface area (Å²) in [6, 6.07) is 13.8. The molecule has 1 N–H and O–H groups in total. The van der Waals surface area contributed by atoms with Gasteiger partial charge in [-0.2, -0.15) is 0 Å². The van der Waals surface area contributed by atoms with Crippen LogP contribution in [-0.2, 0) is 6.54 Å². The fraction of sp³-hybridized carbons (Fsp3) is 0.188. The first-order chi connectivity index (χ1) is 9.08. The first-order valence-electron chi connectivity index (χ1n) is 6.17. The number of nitrogens with one attached hydrogen (secondary N) is 1. The van der Waals surface area contributed by atoms with E-state index >= 15 is 0 Å². The lowest BCUT2D eigenvalue weighted by molar-refractivity contribution is 0.0949. The van der Waals surface area contributed by atoms with Crippen molar-refractivity contribution in [2.24, 2.45) is 0 Å². The largest absolute Gasteiger partial charge is 0.348 e. The van der Waals surface area contributed by atoms with Crippen molar-refractivity contribution in [2.45, 2.75) is 20.4 Å². The summed E-state index contributed by atoms with van der Waals surface area (Å²) in [6.45, 7) is 4.46. The number of amides is 1. The van der Waals surface area contributed by atoms with Gasteiger partial charge < -0.3 is 5.32 Å². The number of rotatable bonds is 3. The molecular formula is C16H16BrNO. The van der Waals surface area contributed by atoms with Crippen LogP contribution in [0, 0.1) is 13.8 Å². The van der Waals surface area contributed by atoms with E-state index in [4.69, 9.17) is 0 Å². The third-order valence-electron chi connectivity index (χ3n) is 3.07. The number of aryl methyl sites for hydroxylation is 2. The molecule has 0 bridgehead atoms. The van der Waals surface area contributed by atoms with Gasteiger partial charge in [-0.05, 0) is 42.7 Å². The summed E-state index contributed by atoms with van der Waals surface area (Å²) < 4.78 is 1.04. The van der Waals surface area contributed by atoms with Gasteiger partial charge in [-0.25, -0.2) is 0 Å². The highest BCUT2D eigenvalue weighted by Crippen LogP contribution is 2.14. The minimum atomic E-state index is -0.0153. The van der Waals surface area contributed by atoms with Gasteiger partial charge in [-0.15, -0.1) is 0 Å². The Bertz CT molecular complexity index is 570. The molecule has 0 atom stereocenters. The number of halogens is 1. The Kier molecular flexibility index (Phi) is 4.38. The van der Waals surface area contributed by atoms with E-state index in [0.29, 0.717) is 6.54 Å². The van der Waals surface area contributed by atoms with Crippen molar-refractivity contribution in [1.82, 2.24) is 5.32 Å². The molecule has 2 aromatic carbocycles. The van der Waals surface area contributed by atoms with Gasteiger partial charge in [-0.1, -0.05) is 46.3 Å². The molecule has 1 amide bonds. The molecule has 0 aliphatic rings. The van der Waals surface area contributed by atoms with Crippen LogP contribution < -0.4 is 5.32 Å². The molecule has 0 radical (unpaired) electrons. The summed E-state index contributed by atoms with van der Waals surface area (Å²) in [6.07, 6.45) is 0. The third kappa shape index (κ3) is 3.44. The third-order valence-corrected chi connectivity index (χ3v) is 3.60. The molecule has 2 rings (SSSR count). The maximum absolute atomic E-state index is 12.2. The van der Waals surface area contributed by atoms with Crippen molar-refractivity contribution in [3.63, 3.8) is 0 Å². The summed E-state index contributed by atoms with van der Waals surface area (Å²) in [7, 11) is 0. The van der Waals surface area contributed by atoms with Crippen LogP contribution in [0.5, 0.6) is 0 Å². The summed E-state index contributed by atoms with van der Waals surface area (Å²) in [5.41, 5.74) is 3.88. The second kappa shape index (κ2) is 6.02. The van der Waals surface area contributed by atoms with Gasteiger partial charge in [0.15, 0.2) is 0 Å². The van der Waals surface area contributed by atoms with Crippen molar-refractivity contribution >= 4 is 21.8 Å². The monoisotopic (exact) mass is 317 g/mol. The van der Waals surface area contributed by atoms with Crippen LogP contribution in [-0.4, -0.2) is 5.91 Å². The van der Waals surface area contributed by atoms with E-state index in [9.17, 15) is 4.79 Å². The van der Waals surface area contributed by atoms with Gasteiger partial charge in [-0.3, -0.25) is 4.79 Å². The summed E-state index contributed by atoms with van der Waals surface area (Å²) in [5.74, 6) is -0.0153. The molecule has 0 spiro atoms. The Morgan fingerprint density at radius 2 is 1.63 bits per heavy atom. The average molecular weight is 318 g/mol. The SMILES string of the molecule is Cc1cccc(C)c1C(=O)NCc1ccc(Br)cc1. The molecule has 0 fully saturated rings. The van der Waals surface area contributed by atoms with Crippen LogP contribution in [0.25, 0.3) is 0 Å². The van der Waals surface area contributed by atoms with Crippen LogP contribution >= 0.6 is 15.9 Å². The Hall–Kier alpha value is -1.61. The molecule has 0 heterocycles. The van der Waals surface area contributed by atoms with Crippen molar-refractivity contribution in [3.8, 4) is 0 Å². The highest BCUT2D eigenvalue weighted by atomic mass is 79.9. The Labute approximate surface area is 122 Å². The number of carbonyl (C=O) groups is 1. The quantitative estimate of drug-likeness (QED) is 0.911. The van der Waals surface area contributed by atoms with Gasteiger partial charge >= 0.3 is 0 Å². The molecule has 3 heteroatoms. The van der Waals surface area contributed by atoms with Gasteiger partial charge in [0.2, 0.25) is 0 Å². The van der Waals surface area contributed by atoms with Gasteiger partial charge in [0.05, 0.1) is 0 Å².